The van der Waals surface area contributed by atoms with Crippen LogP contribution in [0.3, 0.4) is 0 Å². The highest BCUT2D eigenvalue weighted by molar-refractivity contribution is 6.33. The Morgan fingerprint density at radius 1 is 1.21 bits per heavy atom. The van der Waals surface area contributed by atoms with E-state index < -0.39 is 11.7 Å². The van der Waals surface area contributed by atoms with Crippen LogP contribution in [0, 0.1) is 0 Å². The molecule has 0 saturated heterocycles. The Balaban J connectivity index is 2.43. The topological polar surface area (TPSA) is 30.2 Å². The Hall–Kier alpha value is -1.75. The third-order valence-electron chi connectivity index (χ3n) is 2.51. The Morgan fingerprint density at radius 2 is 1.89 bits per heavy atom. The summed E-state index contributed by atoms with van der Waals surface area (Å²) in [4.78, 5) is 11.1. The van der Waals surface area contributed by atoms with Gasteiger partial charge in [0, 0.05) is 12.5 Å². The van der Waals surface area contributed by atoms with Crippen molar-refractivity contribution in [3.05, 3.63) is 46.7 Å². The van der Waals surface area contributed by atoms with E-state index in [2.05, 4.69) is 0 Å². The fourth-order valence-electron chi connectivity index (χ4n) is 1.56. The molecular formula is C13H8ClF3O2. The van der Waals surface area contributed by atoms with Crippen molar-refractivity contribution >= 4 is 17.4 Å². The second-order valence-electron chi connectivity index (χ2n) is 3.91. The molecule has 6 heteroatoms. The van der Waals surface area contributed by atoms with Gasteiger partial charge in [0.25, 0.3) is 0 Å². The Bertz CT molecular complexity index is 629. The molecule has 1 aromatic carbocycles. The summed E-state index contributed by atoms with van der Waals surface area (Å²) in [6, 6.07) is 5.90. The molecule has 0 N–H and O–H groups in total. The summed E-state index contributed by atoms with van der Waals surface area (Å²) in [6.07, 6.45) is -4.45. The van der Waals surface area contributed by atoms with Crippen molar-refractivity contribution in [3.8, 4) is 11.3 Å². The highest BCUT2D eigenvalue weighted by Gasteiger charge is 2.31. The first-order valence-electron chi connectivity index (χ1n) is 5.27. The van der Waals surface area contributed by atoms with Gasteiger partial charge in [0.2, 0.25) is 0 Å². The first kappa shape index (κ1) is 13.7. The molecule has 0 atom stereocenters. The number of hydrogen-bond donors (Lipinski definition) is 0. The molecule has 1 heterocycles. The maximum absolute atomic E-state index is 12.5. The van der Waals surface area contributed by atoms with Crippen molar-refractivity contribution in [2.24, 2.45) is 0 Å². The second-order valence-corrected chi connectivity index (χ2v) is 4.32. The smallest absolute Gasteiger partial charge is 0.416 e. The lowest BCUT2D eigenvalue weighted by atomic mass is 10.1. The lowest BCUT2D eigenvalue weighted by molar-refractivity contribution is -0.137. The van der Waals surface area contributed by atoms with E-state index in [1.807, 2.05) is 0 Å². The van der Waals surface area contributed by atoms with Gasteiger partial charge < -0.3 is 4.42 Å². The third kappa shape index (κ3) is 2.81. The SMILES string of the molecule is CC(=O)c1ccc(-c2ccc(C(F)(F)F)cc2Cl)o1. The molecule has 0 aliphatic rings. The van der Waals surface area contributed by atoms with Gasteiger partial charge in [-0.3, -0.25) is 4.79 Å². The maximum Gasteiger partial charge on any atom is 0.416 e. The summed E-state index contributed by atoms with van der Waals surface area (Å²) in [5.74, 6) is 0.115. The minimum absolute atomic E-state index is 0.0840. The molecule has 1 aromatic heterocycles. The van der Waals surface area contributed by atoms with Gasteiger partial charge in [-0.2, -0.15) is 13.2 Å². The highest BCUT2D eigenvalue weighted by Crippen LogP contribution is 2.36. The molecular weight excluding hydrogens is 281 g/mol. The van der Waals surface area contributed by atoms with Gasteiger partial charge in [-0.05, 0) is 30.3 Å². The molecule has 2 aromatic rings. The third-order valence-corrected chi connectivity index (χ3v) is 2.83. The van der Waals surface area contributed by atoms with Crippen LogP contribution in [0.15, 0.2) is 34.7 Å². The van der Waals surface area contributed by atoms with Crippen molar-refractivity contribution < 1.29 is 22.4 Å². The van der Waals surface area contributed by atoms with Gasteiger partial charge in [0.1, 0.15) is 5.76 Å². The Kier molecular flexibility index (Phi) is 3.41. The number of rotatable bonds is 2. The van der Waals surface area contributed by atoms with E-state index in [0.29, 0.717) is 5.56 Å². The molecule has 0 aliphatic carbocycles. The quantitative estimate of drug-likeness (QED) is 0.742. The molecule has 0 radical (unpaired) electrons. The van der Waals surface area contributed by atoms with Crippen LogP contribution in [0.5, 0.6) is 0 Å². The average Bonchev–Trinajstić information content (AvgIpc) is 2.76. The van der Waals surface area contributed by atoms with Crippen LogP contribution in [-0.2, 0) is 6.18 Å². The molecule has 19 heavy (non-hydrogen) atoms. The molecule has 2 nitrogen and oxygen atoms in total. The average molecular weight is 289 g/mol. The van der Waals surface area contributed by atoms with E-state index >= 15 is 0 Å². The van der Waals surface area contributed by atoms with E-state index in [-0.39, 0.29) is 22.3 Å². The van der Waals surface area contributed by atoms with Crippen LogP contribution in [0.4, 0.5) is 13.2 Å². The minimum Gasteiger partial charge on any atom is -0.453 e. The minimum atomic E-state index is -4.45. The van der Waals surface area contributed by atoms with Gasteiger partial charge in [0.05, 0.1) is 10.6 Å². The van der Waals surface area contributed by atoms with Crippen molar-refractivity contribution in [3.63, 3.8) is 0 Å². The van der Waals surface area contributed by atoms with Gasteiger partial charge in [0.15, 0.2) is 11.5 Å². The van der Waals surface area contributed by atoms with E-state index in [0.717, 1.165) is 12.1 Å². The molecule has 100 valence electrons. The van der Waals surface area contributed by atoms with E-state index in [4.69, 9.17) is 16.0 Å². The molecule has 0 saturated carbocycles. The predicted octanol–water partition coefficient (Wildman–Crippen LogP) is 4.82. The number of ketones is 1. The number of halogens is 4. The largest absolute Gasteiger partial charge is 0.453 e. The maximum atomic E-state index is 12.5. The van der Waals surface area contributed by atoms with Crippen molar-refractivity contribution in [1.82, 2.24) is 0 Å². The molecule has 0 spiro atoms. The zero-order valence-electron chi connectivity index (χ0n) is 9.72. The van der Waals surface area contributed by atoms with Gasteiger partial charge >= 0.3 is 6.18 Å². The standard InChI is InChI=1S/C13H8ClF3O2/c1-7(18)11-4-5-12(19-11)9-3-2-8(6-10(9)14)13(15,16)17/h2-6H,1H3. The molecule has 0 aliphatic heterocycles. The number of carbonyl (C=O) groups excluding carboxylic acids is 1. The van der Waals surface area contributed by atoms with Crippen LogP contribution in [0.25, 0.3) is 11.3 Å². The van der Waals surface area contributed by atoms with Crippen LogP contribution in [0.2, 0.25) is 5.02 Å². The van der Waals surface area contributed by atoms with Gasteiger partial charge in [-0.1, -0.05) is 11.6 Å². The van der Waals surface area contributed by atoms with Crippen LogP contribution < -0.4 is 0 Å². The van der Waals surface area contributed by atoms with Crippen molar-refractivity contribution in [2.75, 3.05) is 0 Å². The Morgan fingerprint density at radius 3 is 2.37 bits per heavy atom. The molecule has 0 bridgehead atoms. The highest BCUT2D eigenvalue weighted by atomic mass is 35.5. The normalized spacial score (nSPS) is 11.6. The molecule has 2 rings (SSSR count). The first-order valence-corrected chi connectivity index (χ1v) is 5.64. The van der Waals surface area contributed by atoms with Crippen molar-refractivity contribution in [2.45, 2.75) is 13.1 Å². The summed E-state index contributed by atoms with van der Waals surface area (Å²) in [7, 11) is 0. The summed E-state index contributed by atoms with van der Waals surface area (Å²) < 4.78 is 42.7. The zero-order valence-corrected chi connectivity index (χ0v) is 10.5. The number of Topliss-reactive ketones (excluding diaryl/α,β-unsaturated/α-hetero) is 1. The fourth-order valence-corrected chi connectivity index (χ4v) is 1.84. The van der Waals surface area contributed by atoms with E-state index in [1.54, 1.807) is 0 Å². The lowest BCUT2D eigenvalue weighted by Crippen LogP contribution is -2.04. The van der Waals surface area contributed by atoms with Crippen LogP contribution in [-0.4, -0.2) is 5.78 Å². The monoisotopic (exact) mass is 288 g/mol. The summed E-state index contributed by atoms with van der Waals surface area (Å²) in [6.45, 7) is 1.33. The predicted molar refractivity (Wildman–Crippen MR) is 64.2 cm³/mol. The lowest BCUT2D eigenvalue weighted by Gasteiger charge is -2.08. The summed E-state index contributed by atoms with van der Waals surface area (Å²) >= 11 is 5.81. The van der Waals surface area contributed by atoms with E-state index in [9.17, 15) is 18.0 Å². The van der Waals surface area contributed by atoms with Gasteiger partial charge in [-0.15, -0.1) is 0 Å². The number of furan rings is 1. The molecule has 0 fully saturated rings. The number of alkyl halides is 3. The molecule has 0 unspecified atom stereocenters. The summed E-state index contributed by atoms with van der Waals surface area (Å²) in [5.41, 5.74) is -0.526. The fraction of sp³-hybridized carbons (Fsp3) is 0.154. The number of carbonyl (C=O) groups is 1. The first-order chi connectivity index (χ1) is 8.79. The second kappa shape index (κ2) is 4.74. The van der Waals surface area contributed by atoms with Crippen molar-refractivity contribution in [1.29, 1.82) is 0 Å². The summed E-state index contributed by atoms with van der Waals surface area (Å²) in [5, 5.41) is -0.0840. The number of hydrogen-bond acceptors (Lipinski definition) is 2. The number of benzene rings is 1. The van der Waals surface area contributed by atoms with Crippen LogP contribution >= 0.6 is 11.6 Å². The van der Waals surface area contributed by atoms with E-state index in [1.165, 1.54) is 25.1 Å². The molecule has 0 amide bonds. The Labute approximate surface area is 111 Å². The zero-order chi connectivity index (χ0) is 14.2. The van der Waals surface area contributed by atoms with Gasteiger partial charge in [-0.25, -0.2) is 0 Å². The van der Waals surface area contributed by atoms with Crippen LogP contribution in [0.1, 0.15) is 23.0 Å².